The summed E-state index contributed by atoms with van der Waals surface area (Å²) in [6.07, 6.45) is 0.993. The quantitative estimate of drug-likeness (QED) is 0.444. The normalized spacial score (nSPS) is 14.1. The third-order valence-electron chi connectivity index (χ3n) is 2.04. The number of hydrogen-bond acceptors (Lipinski definition) is 3. The zero-order valence-corrected chi connectivity index (χ0v) is 11.8. The van der Waals surface area contributed by atoms with Crippen molar-refractivity contribution in [2.45, 2.75) is 52.7 Å². The lowest BCUT2D eigenvalue weighted by Gasteiger charge is -2.21. The van der Waals surface area contributed by atoms with Crippen LogP contribution in [0.15, 0.2) is 4.99 Å². The van der Waals surface area contributed by atoms with Gasteiger partial charge in [-0.2, -0.15) is 0 Å². The van der Waals surface area contributed by atoms with Crippen molar-refractivity contribution in [2.24, 2.45) is 4.99 Å². The van der Waals surface area contributed by atoms with E-state index < -0.39 is 5.60 Å². The molecule has 0 aliphatic rings. The Labute approximate surface area is 104 Å². The minimum absolute atomic E-state index is 0.118. The van der Waals surface area contributed by atoms with Crippen LogP contribution in [0.4, 0.5) is 0 Å². The van der Waals surface area contributed by atoms with Crippen LogP contribution >= 0.6 is 0 Å². The maximum atomic E-state index is 11.5. The van der Waals surface area contributed by atoms with Gasteiger partial charge in [-0.25, -0.2) is 0 Å². The van der Waals surface area contributed by atoms with E-state index in [9.17, 15) is 4.79 Å². The van der Waals surface area contributed by atoms with Crippen molar-refractivity contribution < 1.29 is 9.53 Å². The second-order valence-corrected chi connectivity index (χ2v) is 4.97. The molecule has 0 aliphatic heterocycles. The van der Waals surface area contributed by atoms with E-state index >= 15 is 0 Å². The first kappa shape index (κ1) is 15.7. The predicted octanol–water partition coefficient (Wildman–Crippen LogP) is 1.29. The molecule has 0 spiro atoms. The van der Waals surface area contributed by atoms with Crippen LogP contribution in [0.25, 0.3) is 0 Å². The second-order valence-electron chi connectivity index (χ2n) is 4.97. The summed E-state index contributed by atoms with van der Waals surface area (Å²) < 4.78 is 5.18. The van der Waals surface area contributed by atoms with Gasteiger partial charge < -0.3 is 15.4 Å². The molecule has 0 aromatic carbocycles. The molecule has 0 bridgehead atoms. The third kappa shape index (κ3) is 8.54. The minimum atomic E-state index is -0.452. The molecule has 0 radical (unpaired) electrons. The summed E-state index contributed by atoms with van der Waals surface area (Å²) in [5, 5.41) is 6.09. The van der Waals surface area contributed by atoms with E-state index in [4.69, 9.17) is 4.74 Å². The van der Waals surface area contributed by atoms with E-state index in [-0.39, 0.29) is 12.5 Å². The minimum Gasteiger partial charge on any atom is -0.459 e. The number of nitrogens with zero attached hydrogens (tertiary/aromatic N) is 1. The average Bonchev–Trinajstić information content (AvgIpc) is 2.21. The Bertz CT molecular complexity index is 269. The van der Waals surface area contributed by atoms with Crippen LogP contribution in [0.1, 0.15) is 41.0 Å². The molecule has 0 aliphatic carbocycles. The maximum Gasteiger partial charge on any atom is 0.325 e. The highest BCUT2D eigenvalue weighted by Crippen LogP contribution is 2.06. The Balaban J connectivity index is 4.04. The van der Waals surface area contributed by atoms with E-state index in [0.717, 1.165) is 6.42 Å². The summed E-state index contributed by atoms with van der Waals surface area (Å²) in [5.41, 5.74) is -0.452. The highest BCUT2D eigenvalue weighted by atomic mass is 16.6. The molecule has 0 heterocycles. The topological polar surface area (TPSA) is 62.7 Å². The second kappa shape index (κ2) is 7.14. The molecule has 0 saturated heterocycles. The first-order valence-corrected chi connectivity index (χ1v) is 5.97. The molecular weight excluding hydrogens is 218 g/mol. The summed E-state index contributed by atoms with van der Waals surface area (Å²) in [7, 11) is 1.67. The van der Waals surface area contributed by atoms with Crippen LogP contribution in [-0.4, -0.2) is 37.2 Å². The lowest BCUT2D eigenvalue weighted by atomic mass is 10.2. The molecule has 100 valence electrons. The fraction of sp³-hybridized carbons (Fsp3) is 0.833. The molecule has 0 saturated carbocycles. The van der Waals surface area contributed by atoms with Crippen LogP contribution in [0.2, 0.25) is 0 Å². The smallest absolute Gasteiger partial charge is 0.325 e. The predicted molar refractivity (Wildman–Crippen MR) is 70.1 cm³/mol. The summed E-state index contributed by atoms with van der Waals surface area (Å²) >= 11 is 0. The van der Waals surface area contributed by atoms with Crippen molar-refractivity contribution in [3.63, 3.8) is 0 Å². The SMILES string of the molecule is CCC(C)NC(=NC)NCC(=O)OC(C)(C)C. The summed E-state index contributed by atoms with van der Waals surface area (Å²) in [5.74, 6) is 0.329. The molecule has 0 aromatic heterocycles. The molecule has 1 atom stereocenters. The van der Waals surface area contributed by atoms with Crippen molar-refractivity contribution in [3.8, 4) is 0 Å². The van der Waals surface area contributed by atoms with Gasteiger partial charge in [-0.1, -0.05) is 6.92 Å². The van der Waals surface area contributed by atoms with Crippen molar-refractivity contribution in [2.75, 3.05) is 13.6 Å². The zero-order valence-electron chi connectivity index (χ0n) is 11.8. The van der Waals surface area contributed by atoms with E-state index in [0.29, 0.717) is 12.0 Å². The molecule has 17 heavy (non-hydrogen) atoms. The Morgan fingerprint density at radius 1 is 1.41 bits per heavy atom. The van der Waals surface area contributed by atoms with Gasteiger partial charge in [0, 0.05) is 13.1 Å². The van der Waals surface area contributed by atoms with Gasteiger partial charge in [0.2, 0.25) is 0 Å². The van der Waals surface area contributed by atoms with E-state index in [1.54, 1.807) is 7.05 Å². The van der Waals surface area contributed by atoms with Crippen molar-refractivity contribution in [3.05, 3.63) is 0 Å². The standard InChI is InChI=1S/C12H25N3O2/c1-7-9(2)15-11(13-6)14-8-10(16)17-12(3,4)5/h9H,7-8H2,1-6H3,(H2,13,14,15). The number of esters is 1. The molecule has 1 unspecified atom stereocenters. The number of nitrogens with one attached hydrogen (secondary N) is 2. The summed E-state index contributed by atoms with van der Waals surface area (Å²) in [6, 6.07) is 0.319. The lowest BCUT2D eigenvalue weighted by molar-refractivity contribution is -0.153. The number of hydrogen-bond donors (Lipinski definition) is 2. The zero-order chi connectivity index (χ0) is 13.5. The maximum absolute atomic E-state index is 11.5. The number of carbonyl (C=O) groups excluding carboxylic acids is 1. The Morgan fingerprint density at radius 2 is 2.00 bits per heavy atom. The van der Waals surface area contributed by atoms with Crippen LogP contribution in [0.5, 0.6) is 0 Å². The Kier molecular flexibility index (Phi) is 6.61. The number of rotatable bonds is 4. The van der Waals surface area contributed by atoms with Crippen molar-refractivity contribution in [1.29, 1.82) is 0 Å². The van der Waals surface area contributed by atoms with Gasteiger partial charge in [0.1, 0.15) is 12.1 Å². The Morgan fingerprint density at radius 3 is 2.41 bits per heavy atom. The summed E-state index contributed by atoms with van der Waals surface area (Å²) in [4.78, 5) is 15.5. The first-order valence-electron chi connectivity index (χ1n) is 5.97. The van der Waals surface area contributed by atoms with E-state index in [1.807, 2.05) is 20.8 Å². The molecule has 0 aromatic rings. The van der Waals surface area contributed by atoms with Gasteiger partial charge in [0.15, 0.2) is 5.96 Å². The average molecular weight is 243 g/mol. The van der Waals surface area contributed by atoms with Gasteiger partial charge in [0.05, 0.1) is 0 Å². The van der Waals surface area contributed by atoms with Crippen molar-refractivity contribution >= 4 is 11.9 Å². The van der Waals surface area contributed by atoms with Crippen molar-refractivity contribution in [1.82, 2.24) is 10.6 Å². The highest BCUT2D eigenvalue weighted by Gasteiger charge is 2.16. The number of carbonyl (C=O) groups is 1. The van der Waals surface area contributed by atoms with Crippen LogP contribution in [0.3, 0.4) is 0 Å². The largest absolute Gasteiger partial charge is 0.459 e. The Hall–Kier alpha value is -1.26. The molecule has 0 amide bonds. The fourth-order valence-corrected chi connectivity index (χ4v) is 1.06. The highest BCUT2D eigenvalue weighted by molar-refractivity contribution is 5.84. The van der Waals surface area contributed by atoms with Crippen LogP contribution in [-0.2, 0) is 9.53 Å². The monoisotopic (exact) mass is 243 g/mol. The molecule has 5 heteroatoms. The van der Waals surface area contributed by atoms with Gasteiger partial charge in [-0.05, 0) is 34.1 Å². The van der Waals surface area contributed by atoms with Crippen LogP contribution in [0, 0.1) is 0 Å². The van der Waals surface area contributed by atoms with Gasteiger partial charge in [0.25, 0.3) is 0 Å². The number of aliphatic imine (C=N–C) groups is 1. The lowest BCUT2D eigenvalue weighted by Crippen LogP contribution is -2.44. The molecule has 0 fully saturated rings. The van der Waals surface area contributed by atoms with Crippen LogP contribution < -0.4 is 10.6 Å². The first-order chi connectivity index (χ1) is 7.78. The van der Waals surface area contributed by atoms with E-state index in [2.05, 4.69) is 29.5 Å². The van der Waals surface area contributed by atoms with Gasteiger partial charge in [-0.15, -0.1) is 0 Å². The molecule has 0 rings (SSSR count). The fourth-order valence-electron chi connectivity index (χ4n) is 1.06. The van der Waals surface area contributed by atoms with Gasteiger partial charge in [-0.3, -0.25) is 9.79 Å². The summed E-state index contributed by atoms with van der Waals surface area (Å²) in [6.45, 7) is 9.79. The molecule has 5 nitrogen and oxygen atoms in total. The van der Waals surface area contributed by atoms with E-state index in [1.165, 1.54) is 0 Å². The van der Waals surface area contributed by atoms with Gasteiger partial charge >= 0.3 is 5.97 Å². The third-order valence-corrected chi connectivity index (χ3v) is 2.04. The number of guanidine groups is 1. The molecular formula is C12H25N3O2. The molecule has 2 N–H and O–H groups in total. The number of ether oxygens (including phenoxy) is 1.